The highest BCUT2D eigenvalue weighted by atomic mass is 16.5. The summed E-state index contributed by atoms with van der Waals surface area (Å²) in [7, 11) is 0. The Balaban J connectivity index is 2.39. The molecule has 4 N–H and O–H groups in total. The van der Waals surface area contributed by atoms with E-state index in [0.29, 0.717) is 24.4 Å². The second-order valence-corrected chi connectivity index (χ2v) is 3.66. The van der Waals surface area contributed by atoms with Gasteiger partial charge < -0.3 is 20.9 Å². The van der Waals surface area contributed by atoms with Gasteiger partial charge in [-0.3, -0.25) is 4.79 Å². The van der Waals surface area contributed by atoms with Gasteiger partial charge in [0, 0.05) is 17.8 Å². The summed E-state index contributed by atoms with van der Waals surface area (Å²) >= 11 is 0. The van der Waals surface area contributed by atoms with Crippen molar-refractivity contribution in [1.82, 2.24) is 5.32 Å². The third-order valence-electron chi connectivity index (χ3n) is 2.30. The summed E-state index contributed by atoms with van der Waals surface area (Å²) in [5.41, 5.74) is 7.81. The fraction of sp³-hybridized carbons (Fsp3) is 0.417. The molecule has 0 saturated carbocycles. The van der Waals surface area contributed by atoms with Gasteiger partial charge >= 0.3 is 0 Å². The minimum atomic E-state index is -0.152. The van der Waals surface area contributed by atoms with Crippen LogP contribution < -0.4 is 11.1 Å². The van der Waals surface area contributed by atoms with Gasteiger partial charge in [-0.2, -0.15) is 0 Å². The quantitative estimate of drug-likeness (QED) is 0.492. The van der Waals surface area contributed by atoms with Crippen LogP contribution in [0, 0.1) is 6.92 Å². The molecule has 1 amide bonds. The van der Waals surface area contributed by atoms with Crippen LogP contribution >= 0.6 is 0 Å². The van der Waals surface area contributed by atoms with Gasteiger partial charge in [-0.25, -0.2) is 0 Å². The van der Waals surface area contributed by atoms with Crippen molar-refractivity contribution in [3.63, 3.8) is 0 Å². The van der Waals surface area contributed by atoms with Crippen molar-refractivity contribution in [2.45, 2.75) is 6.92 Å². The second-order valence-electron chi connectivity index (χ2n) is 3.66. The largest absolute Gasteiger partial charge is 0.399 e. The molecule has 5 nitrogen and oxygen atoms in total. The molecule has 0 atom stereocenters. The number of aryl methyl sites for hydroxylation is 1. The Kier molecular flexibility index (Phi) is 5.45. The highest BCUT2D eigenvalue weighted by Gasteiger charge is 2.05. The average molecular weight is 238 g/mol. The topological polar surface area (TPSA) is 84.6 Å². The zero-order valence-corrected chi connectivity index (χ0v) is 9.90. The number of anilines is 1. The third-order valence-corrected chi connectivity index (χ3v) is 2.30. The van der Waals surface area contributed by atoms with E-state index in [-0.39, 0.29) is 19.1 Å². The lowest BCUT2D eigenvalue weighted by Crippen LogP contribution is -2.27. The van der Waals surface area contributed by atoms with Crippen LogP contribution in [0.25, 0.3) is 0 Å². The predicted octanol–water partition coefficient (Wildman–Crippen LogP) is 0.316. The number of nitrogens with one attached hydrogen (secondary N) is 1. The standard InChI is InChI=1S/C12H18N2O3/c1-9-8-10(2-3-11(9)13)12(16)14-4-6-17-7-5-15/h2-3,8,15H,4-7,13H2,1H3,(H,14,16). The molecule has 1 aromatic carbocycles. The minimum Gasteiger partial charge on any atom is -0.399 e. The van der Waals surface area contributed by atoms with Crippen LogP contribution in [0.5, 0.6) is 0 Å². The maximum absolute atomic E-state index is 11.7. The number of carbonyl (C=O) groups is 1. The van der Waals surface area contributed by atoms with Crippen molar-refractivity contribution in [2.24, 2.45) is 0 Å². The molecular formula is C12H18N2O3. The van der Waals surface area contributed by atoms with Gasteiger partial charge in [-0.1, -0.05) is 0 Å². The van der Waals surface area contributed by atoms with E-state index in [2.05, 4.69) is 5.32 Å². The van der Waals surface area contributed by atoms with E-state index in [9.17, 15) is 4.79 Å². The zero-order valence-electron chi connectivity index (χ0n) is 9.90. The summed E-state index contributed by atoms with van der Waals surface area (Å²) in [4.78, 5) is 11.7. The molecule has 0 heterocycles. The van der Waals surface area contributed by atoms with E-state index in [0.717, 1.165) is 5.56 Å². The molecule has 17 heavy (non-hydrogen) atoms. The lowest BCUT2D eigenvalue weighted by molar-refractivity contribution is 0.0838. The van der Waals surface area contributed by atoms with E-state index < -0.39 is 0 Å². The van der Waals surface area contributed by atoms with Gasteiger partial charge in [-0.15, -0.1) is 0 Å². The molecule has 1 aromatic rings. The number of amides is 1. The smallest absolute Gasteiger partial charge is 0.251 e. The molecule has 0 aliphatic carbocycles. The van der Waals surface area contributed by atoms with E-state index in [1.54, 1.807) is 18.2 Å². The van der Waals surface area contributed by atoms with Crippen molar-refractivity contribution >= 4 is 11.6 Å². The number of aliphatic hydroxyl groups excluding tert-OH is 1. The van der Waals surface area contributed by atoms with Crippen LogP contribution in [-0.2, 0) is 4.74 Å². The average Bonchev–Trinajstić information content (AvgIpc) is 2.32. The summed E-state index contributed by atoms with van der Waals surface area (Å²) < 4.78 is 5.03. The highest BCUT2D eigenvalue weighted by Crippen LogP contribution is 2.12. The van der Waals surface area contributed by atoms with Gasteiger partial charge in [0.2, 0.25) is 0 Å². The van der Waals surface area contributed by atoms with Crippen LogP contribution in [0.4, 0.5) is 5.69 Å². The van der Waals surface area contributed by atoms with Crippen molar-refractivity contribution in [3.05, 3.63) is 29.3 Å². The first-order chi connectivity index (χ1) is 8.15. The molecule has 94 valence electrons. The number of nitrogen functional groups attached to an aromatic ring is 1. The van der Waals surface area contributed by atoms with Gasteiger partial charge in [0.15, 0.2) is 0 Å². The summed E-state index contributed by atoms with van der Waals surface area (Å²) in [5, 5.41) is 11.2. The van der Waals surface area contributed by atoms with Crippen LogP contribution in [0.15, 0.2) is 18.2 Å². The third kappa shape index (κ3) is 4.42. The Morgan fingerprint density at radius 3 is 2.88 bits per heavy atom. The summed E-state index contributed by atoms with van der Waals surface area (Å²) in [6, 6.07) is 5.15. The Bertz CT molecular complexity index is 380. The van der Waals surface area contributed by atoms with Crippen molar-refractivity contribution in [2.75, 3.05) is 32.1 Å². The molecule has 0 bridgehead atoms. The Labute approximate surface area is 101 Å². The lowest BCUT2D eigenvalue weighted by atomic mass is 10.1. The van der Waals surface area contributed by atoms with Crippen molar-refractivity contribution in [1.29, 1.82) is 0 Å². The van der Waals surface area contributed by atoms with Crippen LogP contribution in [0.2, 0.25) is 0 Å². The predicted molar refractivity (Wildman–Crippen MR) is 65.8 cm³/mol. The number of carbonyl (C=O) groups excluding carboxylic acids is 1. The van der Waals surface area contributed by atoms with E-state index in [1.165, 1.54) is 0 Å². The van der Waals surface area contributed by atoms with Gasteiger partial charge in [-0.05, 0) is 30.7 Å². The minimum absolute atomic E-state index is 0.00883. The number of aliphatic hydroxyl groups is 1. The summed E-state index contributed by atoms with van der Waals surface area (Å²) in [6.45, 7) is 2.95. The molecular weight excluding hydrogens is 220 g/mol. The fourth-order valence-electron chi connectivity index (χ4n) is 1.32. The molecule has 0 aromatic heterocycles. The highest BCUT2D eigenvalue weighted by molar-refractivity contribution is 5.94. The molecule has 0 aliphatic rings. The normalized spacial score (nSPS) is 10.2. The van der Waals surface area contributed by atoms with Crippen LogP contribution in [0.1, 0.15) is 15.9 Å². The van der Waals surface area contributed by atoms with E-state index >= 15 is 0 Å². The maximum Gasteiger partial charge on any atom is 0.251 e. The van der Waals surface area contributed by atoms with Crippen LogP contribution in [-0.4, -0.2) is 37.4 Å². The second kappa shape index (κ2) is 6.88. The first-order valence-corrected chi connectivity index (χ1v) is 5.48. The number of hydrogen-bond acceptors (Lipinski definition) is 4. The molecule has 5 heteroatoms. The Morgan fingerprint density at radius 2 is 2.24 bits per heavy atom. The van der Waals surface area contributed by atoms with E-state index in [4.69, 9.17) is 15.6 Å². The number of nitrogens with two attached hydrogens (primary N) is 1. The molecule has 0 unspecified atom stereocenters. The SMILES string of the molecule is Cc1cc(C(=O)NCCOCCO)ccc1N. The van der Waals surface area contributed by atoms with Gasteiger partial charge in [0.25, 0.3) is 5.91 Å². The molecule has 1 rings (SSSR count). The number of ether oxygens (including phenoxy) is 1. The lowest BCUT2D eigenvalue weighted by Gasteiger charge is -2.07. The molecule has 0 fully saturated rings. The van der Waals surface area contributed by atoms with Crippen LogP contribution in [0.3, 0.4) is 0 Å². The van der Waals surface area contributed by atoms with Crippen molar-refractivity contribution in [3.8, 4) is 0 Å². The first kappa shape index (κ1) is 13.5. The van der Waals surface area contributed by atoms with Gasteiger partial charge in [0.05, 0.1) is 19.8 Å². The Hall–Kier alpha value is -1.59. The molecule has 0 aliphatic heterocycles. The first-order valence-electron chi connectivity index (χ1n) is 5.48. The maximum atomic E-state index is 11.7. The number of hydrogen-bond donors (Lipinski definition) is 3. The van der Waals surface area contributed by atoms with Crippen molar-refractivity contribution < 1.29 is 14.6 Å². The van der Waals surface area contributed by atoms with E-state index in [1.807, 2.05) is 6.92 Å². The number of benzene rings is 1. The summed E-state index contributed by atoms with van der Waals surface area (Å²) in [6.07, 6.45) is 0. The monoisotopic (exact) mass is 238 g/mol. The molecule has 0 saturated heterocycles. The Morgan fingerprint density at radius 1 is 1.47 bits per heavy atom. The zero-order chi connectivity index (χ0) is 12.7. The number of rotatable bonds is 6. The van der Waals surface area contributed by atoms with Gasteiger partial charge in [0.1, 0.15) is 0 Å². The molecule has 0 spiro atoms. The summed E-state index contributed by atoms with van der Waals surface area (Å²) in [5.74, 6) is -0.152. The molecule has 0 radical (unpaired) electrons. The fourth-order valence-corrected chi connectivity index (χ4v) is 1.32.